The van der Waals surface area contributed by atoms with Gasteiger partial charge in [-0.25, -0.2) is 8.42 Å². The SMILES string of the molecule is O=C(Nc1ccccc1OC1CCCC1)C1CCN(S(=O)(=O)c2cccc(C(F)(F)F)c2)CC1. The van der Waals surface area contributed by atoms with Crippen LogP contribution in [0.15, 0.2) is 53.4 Å². The number of hydrogen-bond donors (Lipinski definition) is 1. The lowest BCUT2D eigenvalue weighted by atomic mass is 9.97. The summed E-state index contributed by atoms with van der Waals surface area (Å²) in [5.74, 6) is -0.0154. The number of carbonyl (C=O) groups is 1. The molecule has 0 bridgehead atoms. The van der Waals surface area contributed by atoms with E-state index in [0.717, 1.165) is 48.2 Å². The molecule has 1 aliphatic carbocycles. The van der Waals surface area contributed by atoms with E-state index in [-0.39, 0.29) is 37.9 Å². The third kappa shape index (κ3) is 5.55. The zero-order chi connectivity index (χ0) is 24.3. The molecule has 2 aromatic carbocycles. The molecule has 34 heavy (non-hydrogen) atoms. The Kier molecular flexibility index (Phi) is 7.18. The van der Waals surface area contributed by atoms with E-state index in [1.54, 1.807) is 12.1 Å². The monoisotopic (exact) mass is 496 g/mol. The van der Waals surface area contributed by atoms with Crippen molar-refractivity contribution in [2.45, 2.75) is 55.7 Å². The van der Waals surface area contributed by atoms with Crippen molar-refractivity contribution in [2.24, 2.45) is 5.92 Å². The van der Waals surface area contributed by atoms with Gasteiger partial charge in [-0.1, -0.05) is 18.2 Å². The van der Waals surface area contributed by atoms with Crippen molar-refractivity contribution >= 4 is 21.6 Å². The number of sulfonamides is 1. The third-order valence-corrected chi connectivity index (χ3v) is 8.26. The topological polar surface area (TPSA) is 75.7 Å². The third-order valence-electron chi connectivity index (χ3n) is 6.36. The molecule has 2 fully saturated rings. The van der Waals surface area contributed by atoms with Crippen molar-refractivity contribution in [3.05, 3.63) is 54.1 Å². The number of para-hydroxylation sites is 2. The first-order valence-electron chi connectivity index (χ1n) is 11.4. The molecule has 2 aromatic rings. The highest BCUT2D eigenvalue weighted by Gasteiger charge is 2.35. The Labute approximate surface area is 197 Å². The maximum atomic E-state index is 13.0. The molecule has 10 heteroatoms. The first kappa shape index (κ1) is 24.5. The van der Waals surface area contributed by atoms with Crippen LogP contribution in [-0.2, 0) is 21.0 Å². The van der Waals surface area contributed by atoms with E-state index in [1.807, 2.05) is 12.1 Å². The molecular weight excluding hydrogens is 469 g/mol. The number of amides is 1. The number of halogens is 3. The molecule has 1 heterocycles. The first-order valence-corrected chi connectivity index (χ1v) is 12.8. The number of rotatable bonds is 6. The quantitative estimate of drug-likeness (QED) is 0.606. The van der Waals surface area contributed by atoms with Crippen LogP contribution < -0.4 is 10.1 Å². The molecular formula is C24H27F3N2O4S. The minimum absolute atomic E-state index is 0.0525. The average molecular weight is 497 g/mol. The molecule has 4 rings (SSSR count). The number of anilines is 1. The molecule has 0 unspecified atom stereocenters. The van der Waals surface area contributed by atoms with Crippen LogP contribution in [0.25, 0.3) is 0 Å². The molecule has 1 aliphatic heterocycles. The summed E-state index contributed by atoms with van der Waals surface area (Å²) in [5.41, 5.74) is -0.431. The second-order valence-electron chi connectivity index (χ2n) is 8.71. The van der Waals surface area contributed by atoms with Crippen LogP contribution in [0.5, 0.6) is 5.75 Å². The van der Waals surface area contributed by atoms with Gasteiger partial charge in [0.05, 0.1) is 22.3 Å². The highest BCUT2D eigenvalue weighted by atomic mass is 32.2. The van der Waals surface area contributed by atoms with Crippen LogP contribution in [0, 0.1) is 5.92 Å². The second kappa shape index (κ2) is 9.95. The number of ether oxygens (including phenoxy) is 1. The van der Waals surface area contributed by atoms with Gasteiger partial charge in [0.2, 0.25) is 15.9 Å². The summed E-state index contributed by atoms with van der Waals surface area (Å²) in [6, 6.07) is 11.0. The van der Waals surface area contributed by atoms with E-state index in [1.165, 1.54) is 0 Å². The Bertz CT molecular complexity index is 1120. The number of benzene rings is 2. The zero-order valence-electron chi connectivity index (χ0n) is 18.6. The van der Waals surface area contributed by atoms with Gasteiger partial charge in [0, 0.05) is 19.0 Å². The molecule has 0 aromatic heterocycles. The van der Waals surface area contributed by atoms with E-state index < -0.39 is 32.6 Å². The minimum Gasteiger partial charge on any atom is -0.488 e. The predicted octanol–water partition coefficient (Wildman–Crippen LogP) is 5.07. The molecule has 1 saturated heterocycles. The van der Waals surface area contributed by atoms with Crippen molar-refractivity contribution in [3.63, 3.8) is 0 Å². The second-order valence-corrected chi connectivity index (χ2v) is 10.7. The summed E-state index contributed by atoms with van der Waals surface area (Å²) >= 11 is 0. The van der Waals surface area contributed by atoms with E-state index in [4.69, 9.17) is 4.74 Å². The molecule has 184 valence electrons. The summed E-state index contributed by atoms with van der Waals surface area (Å²) in [4.78, 5) is 12.5. The van der Waals surface area contributed by atoms with Crippen LogP contribution in [0.2, 0.25) is 0 Å². The van der Waals surface area contributed by atoms with Crippen molar-refractivity contribution < 1.29 is 31.1 Å². The standard InChI is InChI=1S/C24H27F3N2O4S/c25-24(26,27)18-6-5-9-20(16-18)34(31,32)29-14-12-17(13-15-29)23(30)28-21-10-3-4-11-22(21)33-19-7-1-2-8-19/h3-6,9-11,16-17,19H,1-2,7-8,12-15H2,(H,28,30). The molecule has 6 nitrogen and oxygen atoms in total. The van der Waals surface area contributed by atoms with Gasteiger partial charge in [-0.15, -0.1) is 0 Å². The molecule has 0 atom stereocenters. The van der Waals surface area contributed by atoms with E-state index in [0.29, 0.717) is 17.5 Å². The lowest BCUT2D eigenvalue weighted by Gasteiger charge is -2.30. The molecule has 0 spiro atoms. The fourth-order valence-corrected chi connectivity index (χ4v) is 5.95. The van der Waals surface area contributed by atoms with Gasteiger partial charge in [0.1, 0.15) is 5.75 Å². The largest absolute Gasteiger partial charge is 0.488 e. The van der Waals surface area contributed by atoms with Crippen molar-refractivity contribution in [3.8, 4) is 5.75 Å². The van der Waals surface area contributed by atoms with Crippen molar-refractivity contribution in [1.29, 1.82) is 0 Å². The van der Waals surface area contributed by atoms with Crippen LogP contribution in [0.3, 0.4) is 0 Å². The highest BCUT2D eigenvalue weighted by Crippen LogP contribution is 2.33. The maximum absolute atomic E-state index is 13.0. The summed E-state index contributed by atoms with van der Waals surface area (Å²) < 4.78 is 72.0. The van der Waals surface area contributed by atoms with Gasteiger partial charge < -0.3 is 10.1 Å². The number of piperidine rings is 1. The number of hydrogen-bond acceptors (Lipinski definition) is 4. The molecule has 0 radical (unpaired) electrons. The van der Waals surface area contributed by atoms with Gasteiger partial charge in [0.25, 0.3) is 0 Å². The Hall–Kier alpha value is -2.59. The number of alkyl halides is 3. The van der Waals surface area contributed by atoms with Gasteiger partial charge >= 0.3 is 6.18 Å². The first-order chi connectivity index (χ1) is 16.1. The number of nitrogens with one attached hydrogen (secondary N) is 1. The summed E-state index contributed by atoms with van der Waals surface area (Å²) in [6.07, 6.45) is 0.284. The van der Waals surface area contributed by atoms with Crippen LogP contribution in [-0.4, -0.2) is 37.8 Å². The van der Waals surface area contributed by atoms with Gasteiger partial charge in [-0.2, -0.15) is 17.5 Å². The smallest absolute Gasteiger partial charge is 0.416 e. The Balaban J connectivity index is 1.38. The Morgan fingerprint density at radius 2 is 1.65 bits per heavy atom. The van der Waals surface area contributed by atoms with Crippen molar-refractivity contribution in [1.82, 2.24) is 4.31 Å². The van der Waals surface area contributed by atoms with E-state index in [9.17, 15) is 26.4 Å². The van der Waals surface area contributed by atoms with Crippen LogP contribution in [0.1, 0.15) is 44.1 Å². The lowest BCUT2D eigenvalue weighted by Crippen LogP contribution is -2.41. The summed E-state index contributed by atoms with van der Waals surface area (Å²) in [7, 11) is -4.09. The molecule has 1 saturated carbocycles. The number of carbonyl (C=O) groups excluding carboxylic acids is 1. The van der Waals surface area contributed by atoms with E-state index in [2.05, 4.69) is 5.32 Å². The average Bonchev–Trinajstić information content (AvgIpc) is 3.33. The molecule has 1 N–H and O–H groups in total. The highest BCUT2D eigenvalue weighted by molar-refractivity contribution is 7.89. The van der Waals surface area contributed by atoms with Gasteiger partial charge in [-0.05, 0) is 68.9 Å². The molecule has 1 amide bonds. The van der Waals surface area contributed by atoms with Gasteiger partial charge in [0.15, 0.2) is 0 Å². The van der Waals surface area contributed by atoms with Crippen LogP contribution in [0.4, 0.5) is 18.9 Å². The maximum Gasteiger partial charge on any atom is 0.416 e. The van der Waals surface area contributed by atoms with Crippen LogP contribution >= 0.6 is 0 Å². The lowest BCUT2D eigenvalue weighted by molar-refractivity contribution is -0.137. The zero-order valence-corrected chi connectivity index (χ0v) is 19.4. The Morgan fingerprint density at radius 1 is 0.971 bits per heavy atom. The normalized spacial score (nSPS) is 18.7. The van der Waals surface area contributed by atoms with E-state index >= 15 is 0 Å². The fraction of sp³-hybridized carbons (Fsp3) is 0.458. The number of nitrogens with zero attached hydrogens (tertiary/aromatic N) is 1. The minimum atomic E-state index is -4.63. The predicted molar refractivity (Wildman–Crippen MR) is 121 cm³/mol. The molecule has 2 aliphatic rings. The summed E-state index contributed by atoms with van der Waals surface area (Å²) in [5, 5.41) is 2.91. The summed E-state index contributed by atoms with van der Waals surface area (Å²) in [6.45, 7) is 0.105. The fourth-order valence-electron chi connectivity index (χ4n) is 4.43. The Morgan fingerprint density at radius 3 is 2.32 bits per heavy atom. The van der Waals surface area contributed by atoms with Gasteiger partial charge in [-0.3, -0.25) is 4.79 Å². The van der Waals surface area contributed by atoms with Crippen molar-refractivity contribution in [2.75, 3.05) is 18.4 Å².